The number of benzene rings is 1. The number of hydrogen-bond donors (Lipinski definition) is 0. The van der Waals surface area contributed by atoms with Crippen molar-refractivity contribution in [3.63, 3.8) is 0 Å². The van der Waals surface area contributed by atoms with Gasteiger partial charge >= 0.3 is 0 Å². The fourth-order valence-electron chi connectivity index (χ4n) is 2.14. The van der Waals surface area contributed by atoms with E-state index in [2.05, 4.69) is 25.4 Å². The Hall–Kier alpha value is -2.28. The minimum Gasteiger partial charge on any atom is -0.339 e. The Kier molecular flexibility index (Phi) is 3.66. The molecule has 3 rings (SSSR count). The third kappa shape index (κ3) is 2.92. The Labute approximate surface area is 121 Å². The van der Waals surface area contributed by atoms with Crippen molar-refractivity contribution in [2.24, 2.45) is 0 Å². The van der Waals surface area contributed by atoms with Crippen molar-refractivity contribution in [2.45, 2.75) is 32.9 Å². The van der Waals surface area contributed by atoms with E-state index in [0.29, 0.717) is 24.8 Å². The first-order valence-corrected chi connectivity index (χ1v) is 6.84. The first-order chi connectivity index (χ1) is 10.1. The highest BCUT2D eigenvalue weighted by Gasteiger charge is 2.13. The van der Waals surface area contributed by atoms with E-state index < -0.39 is 0 Å². The molecule has 0 saturated heterocycles. The summed E-state index contributed by atoms with van der Waals surface area (Å²) >= 11 is 0. The summed E-state index contributed by atoms with van der Waals surface area (Å²) in [5.41, 5.74) is 2.62. The average molecular weight is 287 g/mol. The van der Waals surface area contributed by atoms with Crippen LogP contribution in [-0.4, -0.2) is 32.4 Å². The van der Waals surface area contributed by atoms with Crippen molar-refractivity contribution in [3.8, 4) is 0 Å². The van der Waals surface area contributed by atoms with Crippen molar-refractivity contribution in [1.82, 2.24) is 25.4 Å². The zero-order valence-electron chi connectivity index (χ0n) is 12.3. The lowest BCUT2D eigenvalue weighted by atomic mass is 10.2. The van der Waals surface area contributed by atoms with Gasteiger partial charge in [-0.3, -0.25) is 4.90 Å². The van der Waals surface area contributed by atoms with Crippen LogP contribution < -0.4 is 0 Å². The molecule has 0 fully saturated rings. The molecule has 110 valence electrons. The highest BCUT2D eigenvalue weighted by atomic mass is 16.6. The maximum Gasteiger partial charge on any atom is 0.229 e. The molecule has 0 unspecified atom stereocenters. The summed E-state index contributed by atoms with van der Waals surface area (Å²) in [5, 5.41) is 11.8. The van der Waals surface area contributed by atoms with E-state index in [1.54, 1.807) is 0 Å². The molecule has 21 heavy (non-hydrogen) atoms. The quantitative estimate of drug-likeness (QED) is 0.712. The molecule has 0 N–H and O–H groups in total. The molecule has 0 spiro atoms. The summed E-state index contributed by atoms with van der Waals surface area (Å²) in [6, 6.07) is 5.84. The van der Waals surface area contributed by atoms with Gasteiger partial charge in [-0.05, 0) is 29.0 Å². The Morgan fingerprint density at radius 3 is 2.76 bits per heavy atom. The van der Waals surface area contributed by atoms with Crippen LogP contribution in [0.5, 0.6) is 0 Å². The second-order valence-corrected chi connectivity index (χ2v) is 5.42. The maximum absolute atomic E-state index is 5.21. The van der Waals surface area contributed by atoms with E-state index in [-0.39, 0.29) is 5.92 Å². The summed E-state index contributed by atoms with van der Waals surface area (Å²) in [5.74, 6) is 1.60. The molecule has 0 aliphatic carbocycles. The Bertz CT molecular complexity index is 734. The van der Waals surface area contributed by atoms with Crippen LogP contribution in [0, 0.1) is 0 Å². The lowest BCUT2D eigenvalue weighted by Crippen LogP contribution is -2.18. The van der Waals surface area contributed by atoms with Gasteiger partial charge in [-0.2, -0.15) is 4.98 Å². The zero-order valence-corrected chi connectivity index (χ0v) is 12.3. The molecule has 0 aliphatic heterocycles. The minimum absolute atomic E-state index is 0.242. The normalized spacial score (nSPS) is 11.9. The van der Waals surface area contributed by atoms with Gasteiger partial charge in [0.2, 0.25) is 5.89 Å². The largest absolute Gasteiger partial charge is 0.339 e. The lowest BCUT2D eigenvalue weighted by Gasteiger charge is -2.14. The van der Waals surface area contributed by atoms with E-state index in [1.165, 1.54) is 0 Å². The van der Waals surface area contributed by atoms with Gasteiger partial charge in [0.25, 0.3) is 0 Å². The molecular weight excluding hydrogens is 270 g/mol. The van der Waals surface area contributed by atoms with Crippen LogP contribution in [0.15, 0.2) is 27.4 Å². The molecule has 7 heteroatoms. The van der Waals surface area contributed by atoms with Crippen molar-refractivity contribution in [1.29, 1.82) is 0 Å². The van der Waals surface area contributed by atoms with Crippen molar-refractivity contribution >= 4 is 11.0 Å². The predicted molar refractivity (Wildman–Crippen MR) is 75.4 cm³/mol. The molecule has 0 radical (unpaired) electrons. The standard InChI is InChI=1S/C14H17N5O2/c1-9(2)14-15-12(17-20-14)8-19(3)7-10-5-4-6-11-13(10)18-21-16-11/h4-6,9H,7-8H2,1-3H3. The highest BCUT2D eigenvalue weighted by molar-refractivity contribution is 5.76. The molecule has 0 bridgehead atoms. The smallest absolute Gasteiger partial charge is 0.229 e. The maximum atomic E-state index is 5.21. The predicted octanol–water partition coefficient (Wildman–Crippen LogP) is 2.36. The molecule has 2 aromatic heterocycles. The van der Waals surface area contributed by atoms with Crippen LogP contribution in [0.25, 0.3) is 11.0 Å². The molecule has 0 saturated carbocycles. The van der Waals surface area contributed by atoms with E-state index >= 15 is 0 Å². The fourth-order valence-corrected chi connectivity index (χ4v) is 2.14. The molecule has 3 aromatic rings. The van der Waals surface area contributed by atoms with Gasteiger partial charge in [0.15, 0.2) is 5.82 Å². The van der Waals surface area contributed by atoms with Crippen LogP contribution in [0.3, 0.4) is 0 Å². The molecular formula is C14H17N5O2. The number of nitrogens with zero attached hydrogens (tertiary/aromatic N) is 5. The third-order valence-corrected chi connectivity index (χ3v) is 3.20. The van der Waals surface area contributed by atoms with E-state index in [0.717, 1.165) is 16.6 Å². The van der Waals surface area contributed by atoms with Gasteiger partial charge in [-0.25, -0.2) is 4.63 Å². The average Bonchev–Trinajstić information content (AvgIpc) is 3.07. The fraction of sp³-hybridized carbons (Fsp3) is 0.429. The van der Waals surface area contributed by atoms with Gasteiger partial charge in [-0.1, -0.05) is 31.1 Å². The first kappa shape index (κ1) is 13.7. The van der Waals surface area contributed by atoms with Gasteiger partial charge in [-0.15, -0.1) is 0 Å². The molecule has 2 heterocycles. The van der Waals surface area contributed by atoms with Crippen molar-refractivity contribution in [3.05, 3.63) is 35.5 Å². The highest BCUT2D eigenvalue weighted by Crippen LogP contribution is 2.17. The molecule has 0 aliphatic rings. The van der Waals surface area contributed by atoms with E-state index in [9.17, 15) is 0 Å². The first-order valence-electron chi connectivity index (χ1n) is 6.84. The van der Waals surface area contributed by atoms with Crippen molar-refractivity contribution < 1.29 is 9.15 Å². The Morgan fingerprint density at radius 2 is 2.00 bits per heavy atom. The van der Waals surface area contributed by atoms with Gasteiger partial charge in [0, 0.05) is 12.5 Å². The van der Waals surface area contributed by atoms with Crippen LogP contribution in [0.2, 0.25) is 0 Å². The molecule has 7 nitrogen and oxygen atoms in total. The molecule has 0 amide bonds. The number of hydrogen-bond acceptors (Lipinski definition) is 7. The summed E-state index contributed by atoms with van der Waals surface area (Å²) in [7, 11) is 2.00. The van der Waals surface area contributed by atoms with Crippen LogP contribution in [0.4, 0.5) is 0 Å². The number of rotatable bonds is 5. The van der Waals surface area contributed by atoms with Gasteiger partial charge < -0.3 is 4.52 Å². The summed E-state index contributed by atoms with van der Waals surface area (Å²) in [4.78, 5) is 6.47. The number of fused-ring (bicyclic) bond motifs is 1. The minimum atomic E-state index is 0.242. The van der Waals surface area contributed by atoms with E-state index in [1.807, 2.05) is 39.1 Å². The molecule has 0 atom stereocenters. The van der Waals surface area contributed by atoms with Gasteiger partial charge in [0.05, 0.1) is 6.54 Å². The Morgan fingerprint density at radius 1 is 1.14 bits per heavy atom. The lowest BCUT2D eigenvalue weighted by molar-refractivity contribution is 0.297. The molecule has 1 aromatic carbocycles. The van der Waals surface area contributed by atoms with Crippen molar-refractivity contribution in [2.75, 3.05) is 7.05 Å². The summed E-state index contributed by atoms with van der Waals surface area (Å²) < 4.78 is 9.99. The second-order valence-electron chi connectivity index (χ2n) is 5.42. The SMILES string of the molecule is CC(C)c1nc(CN(C)Cc2cccc3nonc23)no1. The van der Waals surface area contributed by atoms with Crippen LogP contribution >= 0.6 is 0 Å². The van der Waals surface area contributed by atoms with Crippen LogP contribution in [-0.2, 0) is 13.1 Å². The van der Waals surface area contributed by atoms with Crippen LogP contribution in [0.1, 0.15) is 37.0 Å². The summed E-state index contributed by atoms with van der Waals surface area (Å²) in [6.45, 7) is 5.37. The number of aromatic nitrogens is 4. The van der Waals surface area contributed by atoms with E-state index in [4.69, 9.17) is 9.15 Å². The third-order valence-electron chi connectivity index (χ3n) is 3.20. The summed E-state index contributed by atoms with van der Waals surface area (Å²) in [6.07, 6.45) is 0. The monoisotopic (exact) mass is 287 g/mol. The zero-order chi connectivity index (χ0) is 14.8. The van der Waals surface area contributed by atoms with Gasteiger partial charge in [0.1, 0.15) is 11.0 Å². The topological polar surface area (TPSA) is 81.1 Å². The Balaban J connectivity index is 1.71. The second kappa shape index (κ2) is 5.61.